The van der Waals surface area contributed by atoms with E-state index in [0.717, 1.165) is 5.56 Å². The lowest BCUT2D eigenvalue weighted by Crippen LogP contribution is -2.18. The highest BCUT2D eigenvalue weighted by Crippen LogP contribution is 2.24. The van der Waals surface area contributed by atoms with E-state index >= 15 is 0 Å². The van der Waals surface area contributed by atoms with Crippen LogP contribution in [0.15, 0.2) is 24.3 Å². The first-order chi connectivity index (χ1) is 7.09. The second kappa shape index (κ2) is 6.45. The van der Waals surface area contributed by atoms with Crippen molar-refractivity contribution in [2.24, 2.45) is 0 Å². The molecule has 2 atom stereocenters. The van der Waals surface area contributed by atoms with Crippen LogP contribution >= 0.6 is 23.2 Å². The van der Waals surface area contributed by atoms with Gasteiger partial charge < -0.3 is 0 Å². The van der Waals surface area contributed by atoms with Gasteiger partial charge in [-0.15, -0.1) is 11.6 Å². The Labute approximate surface area is 101 Å². The van der Waals surface area contributed by atoms with Gasteiger partial charge in [0.05, 0.1) is 5.38 Å². The smallest absolute Gasteiger partial charge is 0.231 e. The molecule has 2 unspecified atom stereocenters. The van der Waals surface area contributed by atoms with Gasteiger partial charge >= 0.3 is 0 Å². The van der Waals surface area contributed by atoms with Crippen molar-refractivity contribution in [3.05, 3.63) is 34.9 Å². The third-order valence-electron chi connectivity index (χ3n) is 1.86. The lowest BCUT2D eigenvalue weighted by Gasteiger charge is -2.09. The van der Waals surface area contributed by atoms with E-state index in [-0.39, 0.29) is 5.38 Å². The van der Waals surface area contributed by atoms with Crippen molar-refractivity contribution in [1.82, 2.24) is 4.72 Å². The number of alkyl halides is 1. The molecule has 0 bridgehead atoms. The first-order valence-electron chi connectivity index (χ1n) is 4.33. The van der Waals surface area contributed by atoms with E-state index < -0.39 is 11.3 Å². The average Bonchev–Trinajstić information content (AvgIpc) is 2.18. The largest absolute Gasteiger partial charge is 0.294 e. The number of hydrogen-bond acceptors (Lipinski definition) is 1. The van der Waals surface area contributed by atoms with E-state index in [4.69, 9.17) is 27.8 Å². The quantitative estimate of drug-likeness (QED) is 0.637. The van der Waals surface area contributed by atoms with Crippen LogP contribution in [0, 0.1) is 0 Å². The second-order valence-corrected chi connectivity index (χ2v) is 4.70. The van der Waals surface area contributed by atoms with Gasteiger partial charge in [0.1, 0.15) is 0 Å². The summed E-state index contributed by atoms with van der Waals surface area (Å²) in [6.07, 6.45) is 0.579. The molecule has 0 saturated carbocycles. The molecule has 15 heavy (non-hydrogen) atoms. The molecule has 0 amide bonds. The number of rotatable bonds is 5. The molecule has 2 N–H and O–H groups in total. The Kier molecular flexibility index (Phi) is 5.56. The van der Waals surface area contributed by atoms with Crippen LogP contribution in [0.4, 0.5) is 0 Å². The van der Waals surface area contributed by atoms with Crippen molar-refractivity contribution in [1.29, 1.82) is 0 Å². The third-order valence-corrected chi connectivity index (χ3v) is 3.03. The Morgan fingerprint density at radius 2 is 2.00 bits per heavy atom. The first-order valence-corrected chi connectivity index (χ1v) is 6.25. The van der Waals surface area contributed by atoms with Crippen LogP contribution in [0.5, 0.6) is 0 Å². The van der Waals surface area contributed by atoms with E-state index in [1.807, 2.05) is 12.1 Å². The summed E-state index contributed by atoms with van der Waals surface area (Å²) in [5.41, 5.74) is 0.951. The average molecular weight is 268 g/mol. The molecule has 0 aliphatic heterocycles. The molecule has 3 nitrogen and oxygen atoms in total. The molecule has 6 heteroatoms. The molecule has 0 aliphatic rings. The lowest BCUT2D eigenvalue weighted by molar-refractivity contribution is 0.546. The van der Waals surface area contributed by atoms with Crippen LogP contribution in [0.25, 0.3) is 0 Å². The molecule has 84 valence electrons. The zero-order valence-corrected chi connectivity index (χ0v) is 10.1. The van der Waals surface area contributed by atoms with Crippen LogP contribution < -0.4 is 4.72 Å². The van der Waals surface area contributed by atoms with Gasteiger partial charge in [-0.25, -0.2) is 8.93 Å². The van der Waals surface area contributed by atoms with Crippen molar-refractivity contribution >= 4 is 34.5 Å². The van der Waals surface area contributed by atoms with E-state index in [1.54, 1.807) is 12.1 Å². The summed E-state index contributed by atoms with van der Waals surface area (Å²) in [6, 6.07) is 7.22. The minimum Gasteiger partial charge on any atom is -0.294 e. The normalized spacial score (nSPS) is 14.9. The summed E-state index contributed by atoms with van der Waals surface area (Å²) in [7, 11) is 0. The Morgan fingerprint density at radius 3 is 2.53 bits per heavy atom. The van der Waals surface area contributed by atoms with Crippen LogP contribution in [-0.4, -0.2) is 15.3 Å². The molecule has 0 fully saturated rings. The van der Waals surface area contributed by atoms with Gasteiger partial charge in [0.25, 0.3) is 0 Å². The number of nitrogens with one attached hydrogen (secondary N) is 1. The maximum absolute atomic E-state index is 10.3. The maximum atomic E-state index is 10.3. The zero-order valence-electron chi connectivity index (χ0n) is 7.82. The van der Waals surface area contributed by atoms with Gasteiger partial charge in [0.15, 0.2) is 0 Å². The fourth-order valence-electron chi connectivity index (χ4n) is 1.11. The van der Waals surface area contributed by atoms with Crippen molar-refractivity contribution in [2.75, 3.05) is 6.54 Å². The van der Waals surface area contributed by atoms with Crippen molar-refractivity contribution in [3.63, 3.8) is 0 Å². The summed E-state index contributed by atoms with van der Waals surface area (Å²) in [5, 5.41) is 0.482. The molecular weight excluding hydrogens is 257 g/mol. The SMILES string of the molecule is O=S(O)NCCC(Cl)c1ccc(Cl)cc1. The van der Waals surface area contributed by atoms with Gasteiger partial charge in [0, 0.05) is 11.6 Å². The van der Waals surface area contributed by atoms with Crippen molar-refractivity contribution in [2.45, 2.75) is 11.8 Å². The maximum Gasteiger partial charge on any atom is 0.231 e. The summed E-state index contributed by atoms with van der Waals surface area (Å²) in [5.74, 6) is 0. The monoisotopic (exact) mass is 267 g/mol. The second-order valence-electron chi connectivity index (χ2n) is 2.95. The highest BCUT2D eigenvalue weighted by molar-refractivity contribution is 7.77. The predicted octanol–water partition coefficient (Wildman–Crippen LogP) is 2.74. The molecule has 0 spiro atoms. The molecule has 0 aliphatic carbocycles. The standard InChI is InChI=1S/C9H11Cl2NO2S/c10-8-3-1-7(2-4-8)9(11)5-6-12-15(13)14/h1-4,9,12H,5-6H2,(H,13,14). The number of benzene rings is 1. The Balaban J connectivity index is 2.43. The topological polar surface area (TPSA) is 49.3 Å². The van der Waals surface area contributed by atoms with Gasteiger partial charge in [-0.1, -0.05) is 23.7 Å². The van der Waals surface area contributed by atoms with E-state index in [1.165, 1.54) is 0 Å². The first kappa shape index (κ1) is 12.9. The summed E-state index contributed by atoms with van der Waals surface area (Å²) < 4.78 is 21.1. The Hall–Kier alpha value is -0.130. The van der Waals surface area contributed by atoms with Gasteiger partial charge in [-0.05, 0) is 24.1 Å². The Morgan fingerprint density at radius 1 is 1.40 bits per heavy atom. The summed E-state index contributed by atoms with van der Waals surface area (Å²) in [6.45, 7) is 0.389. The molecule has 0 aromatic heterocycles. The molecule has 0 saturated heterocycles. The van der Waals surface area contributed by atoms with E-state index in [0.29, 0.717) is 18.0 Å². The Bertz CT molecular complexity index is 331. The summed E-state index contributed by atoms with van der Waals surface area (Å²) >= 11 is 9.84. The lowest BCUT2D eigenvalue weighted by atomic mass is 10.1. The predicted molar refractivity (Wildman–Crippen MR) is 63.4 cm³/mol. The summed E-state index contributed by atoms with van der Waals surface area (Å²) in [4.78, 5) is 0. The van der Waals surface area contributed by atoms with E-state index in [2.05, 4.69) is 4.72 Å². The van der Waals surface area contributed by atoms with Gasteiger partial charge in [-0.2, -0.15) is 0 Å². The van der Waals surface area contributed by atoms with Crippen LogP contribution in [0.2, 0.25) is 5.02 Å². The van der Waals surface area contributed by atoms with Crippen LogP contribution in [0.1, 0.15) is 17.4 Å². The minimum atomic E-state index is -1.97. The molecule has 1 aromatic rings. The molecule has 0 radical (unpaired) electrons. The van der Waals surface area contributed by atoms with Gasteiger partial charge in [-0.3, -0.25) is 4.55 Å². The minimum absolute atomic E-state index is 0.182. The fraction of sp³-hybridized carbons (Fsp3) is 0.333. The molecule has 0 heterocycles. The zero-order chi connectivity index (χ0) is 11.3. The van der Waals surface area contributed by atoms with Gasteiger partial charge in [0.2, 0.25) is 11.3 Å². The number of hydrogen-bond donors (Lipinski definition) is 2. The third kappa shape index (κ3) is 4.95. The van der Waals surface area contributed by atoms with Crippen LogP contribution in [0.3, 0.4) is 0 Å². The van der Waals surface area contributed by atoms with Crippen molar-refractivity contribution in [3.8, 4) is 0 Å². The van der Waals surface area contributed by atoms with Crippen molar-refractivity contribution < 1.29 is 8.76 Å². The molecule has 1 aromatic carbocycles. The van der Waals surface area contributed by atoms with Crippen LogP contribution in [-0.2, 0) is 11.3 Å². The van der Waals surface area contributed by atoms with E-state index in [9.17, 15) is 4.21 Å². The molecular formula is C9H11Cl2NO2S. The number of halogens is 2. The highest BCUT2D eigenvalue weighted by Gasteiger charge is 2.07. The molecule has 1 rings (SSSR count). The highest BCUT2D eigenvalue weighted by atomic mass is 35.5. The fourth-order valence-corrected chi connectivity index (χ4v) is 1.78.